The predicted molar refractivity (Wildman–Crippen MR) is 58.7 cm³/mol. The Balaban J connectivity index is 1.91. The number of carbonyl (C=O) groups is 1. The maximum Gasteiger partial charge on any atom is 0.231 e. The summed E-state index contributed by atoms with van der Waals surface area (Å²) in [5.74, 6) is 0.740. The van der Waals surface area contributed by atoms with Crippen molar-refractivity contribution < 1.29 is 14.3 Å². The largest absolute Gasteiger partial charge is 0.454 e. The molecule has 0 unspecified atom stereocenters. The van der Waals surface area contributed by atoms with E-state index in [4.69, 9.17) is 14.7 Å². The second-order valence-corrected chi connectivity index (χ2v) is 4.35. The van der Waals surface area contributed by atoms with E-state index in [1.54, 1.807) is 18.2 Å². The molecule has 1 saturated carbocycles. The average Bonchev–Trinajstić information content (AvgIpc) is 3.09. The minimum absolute atomic E-state index is 0.0337. The van der Waals surface area contributed by atoms with Crippen LogP contribution in [0.4, 0.5) is 0 Å². The van der Waals surface area contributed by atoms with Gasteiger partial charge in [-0.3, -0.25) is 4.79 Å². The molecule has 1 aromatic rings. The van der Waals surface area contributed by atoms with Crippen molar-refractivity contribution in [3.05, 3.63) is 23.8 Å². The van der Waals surface area contributed by atoms with Crippen LogP contribution in [0.1, 0.15) is 24.3 Å². The van der Waals surface area contributed by atoms with E-state index in [2.05, 4.69) is 6.07 Å². The van der Waals surface area contributed by atoms with Crippen LogP contribution < -0.4 is 9.47 Å². The molecule has 1 aliphatic carbocycles. The highest BCUT2D eigenvalue weighted by atomic mass is 16.7. The van der Waals surface area contributed by atoms with Gasteiger partial charge in [-0.1, -0.05) is 6.07 Å². The van der Waals surface area contributed by atoms with Crippen molar-refractivity contribution in [2.75, 3.05) is 6.79 Å². The summed E-state index contributed by atoms with van der Waals surface area (Å²) in [6.45, 7) is 0.201. The highest BCUT2D eigenvalue weighted by molar-refractivity contribution is 5.92. The van der Waals surface area contributed by atoms with Gasteiger partial charge in [0.25, 0.3) is 0 Å². The highest BCUT2D eigenvalue weighted by Gasteiger charge is 2.36. The van der Waals surface area contributed by atoms with Crippen LogP contribution in [-0.2, 0) is 4.79 Å². The standard InChI is InChI=1S/C13H11NO3/c14-6-10(13(15)8-1-2-8)9-3-4-11-12(5-9)17-7-16-11/h3-5,8,10H,1-2,7H2/t10-/m1/s1. The van der Waals surface area contributed by atoms with Gasteiger partial charge in [0.1, 0.15) is 5.92 Å². The molecule has 4 nitrogen and oxygen atoms in total. The quantitative estimate of drug-likeness (QED) is 0.795. The molecule has 2 aliphatic rings. The number of benzene rings is 1. The lowest BCUT2D eigenvalue weighted by Gasteiger charge is -2.08. The highest BCUT2D eigenvalue weighted by Crippen LogP contribution is 2.38. The van der Waals surface area contributed by atoms with Crippen molar-refractivity contribution >= 4 is 5.78 Å². The van der Waals surface area contributed by atoms with Crippen LogP contribution >= 0.6 is 0 Å². The molecule has 0 N–H and O–H groups in total. The van der Waals surface area contributed by atoms with Crippen LogP contribution in [0.15, 0.2) is 18.2 Å². The van der Waals surface area contributed by atoms with Gasteiger partial charge in [-0.25, -0.2) is 0 Å². The van der Waals surface area contributed by atoms with E-state index < -0.39 is 5.92 Å². The van der Waals surface area contributed by atoms with E-state index in [9.17, 15) is 4.79 Å². The maximum atomic E-state index is 11.9. The summed E-state index contributed by atoms with van der Waals surface area (Å²) in [7, 11) is 0. The number of carbonyl (C=O) groups excluding carboxylic acids is 1. The van der Waals surface area contributed by atoms with Crippen LogP contribution in [0, 0.1) is 17.2 Å². The Labute approximate surface area is 98.8 Å². The van der Waals surface area contributed by atoms with E-state index >= 15 is 0 Å². The first-order valence-electron chi connectivity index (χ1n) is 5.62. The number of Topliss-reactive ketones (excluding diaryl/α,β-unsaturated/α-hetero) is 1. The van der Waals surface area contributed by atoms with E-state index in [1.165, 1.54) is 0 Å². The summed E-state index contributed by atoms with van der Waals surface area (Å²) < 4.78 is 10.4. The second-order valence-electron chi connectivity index (χ2n) is 4.35. The SMILES string of the molecule is N#C[C@@H](C(=O)C1CC1)c1ccc2c(c1)OCO2. The molecule has 1 aliphatic heterocycles. The van der Waals surface area contributed by atoms with Gasteiger partial charge >= 0.3 is 0 Å². The van der Waals surface area contributed by atoms with E-state index in [0.29, 0.717) is 17.1 Å². The molecular weight excluding hydrogens is 218 g/mol. The molecule has 1 fully saturated rings. The number of hydrogen-bond donors (Lipinski definition) is 0. The Morgan fingerprint density at radius 1 is 1.35 bits per heavy atom. The number of nitriles is 1. The molecule has 4 heteroatoms. The van der Waals surface area contributed by atoms with Gasteiger partial charge in [-0.15, -0.1) is 0 Å². The minimum Gasteiger partial charge on any atom is -0.454 e. The third kappa shape index (κ3) is 1.74. The molecule has 3 rings (SSSR count). The molecule has 0 spiro atoms. The van der Waals surface area contributed by atoms with Gasteiger partial charge in [0.05, 0.1) is 6.07 Å². The number of rotatable bonds is 3. The fraction of sp³-hybridized carbons (Fsp3) is 0.385. The zero-order valence-corrected chi connectivity index (χ0v) is 9.18. The number of ketones is 1. The van der Waals surface area contributed by atoms with Gasteiger partial charge < -0.3 is 9.47 Å². The number of ether oxygens (including phenoxy) is 2. The molecule has 0 radical (unpaired) electrons. The van der Waals surface area contributed by atoms with Crippen molar-refractivity contribution in [3.8, 4) is 17.6 Å². The van der Waals surface area contributed by atoms with Crippen LogP contribution in [0.3, 0.4) is 0 Å². The van der Waals surface area contributed by atoms with Gasteiger partial charge in [0.2, 0.25) is 6.79 Å². The fourth-order valence-corrected chi connectivity index (χ4v) is 2.00. The monoisotopic (exact) mass is 229 g/mol. The molecule has 1 aromatic carbocycles. The molecular formula is C13H11NO3. The van der Waals surface area contributed by atoms with Crippen molar-refractivity contribution in [3.63, 3.8) is 0 Å². The van der Waals surface area contributed by atoms with Crippen molar-refractivity contribution in [1.82, 2.24) is 0 Å². The lowest BCUT2D eigenvalue weighted by molar-refractivity contribution is -0.120. The third-order valence-electron chi connectivity index (χ3n) is 3.12. The Morgan fingerprint density at radius 3 is 2.82 bits per heavy atom. The molecule has 0 amide bonds. The summed E-state index contributed by atoms with van der Waals surface area (Å²) in [5.41, 5.74) is 0.702. The average molecular weight is 229 g/mol. The van der Waals surface area contributed by atoms with Crippen molar-refractivity contribution in [1.29, 1.82) is 5.26 Å². The van der Waals surface area contributed by atoms with Gasteiger partial charge in [0, 0.05) is 5.92 Å². The summed E-state index contributed by atoms with van der Waals surface area (Å²) in [5, 5.41) is 9.13. The Kier molecular flexibility index (Phi) is 2.25. The van der Waals surface area contributed by atoms with Gasteiger partial charge in [-0.05, 0) is 30.5 Å². The molecule has 17 heavy (non-hydrogen) atoms. The summed E-state index contributed by atoms with van der Waals surface area (Å²) in [4.78, 5) is 11.9. The van der Waals surface area contributed by atoms with Crippen LogP contribution in [-0.4, -0.2) is 12.6 Å². The first-order valence-corrected chi connectivity index (χ1v) is 5.62. The molecule has 0 saturated heterocycles. The lowest BCUT2D eigenvalue weighted by Crippen LogP contribution is -2.12. The summed E-state index contributed by atoms with van der Waals surface area (Å²) >= 11 is 0. The minimum atomic E-state index is -0.669. The summed E-state index contributed by atoms with van der Waals surface area (Å²) in [6, 6.07) is 7.34. The Hall–Kier alpha value is -2.02. The zero-order chi connectivity index (χ0) is 11.8. The first kappa shape index (κ1) is 10.2. The fourth-order valence-electron chi connectivity index (χ4n) is 2.00. The van der Waals surface area contributed by atoms with Crippen LogP contribution in [0.25, 0.3) is 0 Å². The molecule has 0 bridgehead atoms. The molecule has 86 valence electrons. The van der Waals surface area contributed by atoms with Crippen molar-refractivity contribution in [2.45, 2.75) is 18.8 Å². The number of nitrogens with zero attached hydrogens (tertiary/aromatic N) is 1. The number of fused-ring (bicyclic) bond motifs is 1. The summed E-state index contributed by atoms with van der Waals surface area (Å²) in [6.07, 6.45) is 1.84. The molecule has 1 atom stereocenters. The predicted octanol–water partition coefficient (Wildman–Crippen LogP) is 2.00. The lowest BCUT2D eigenvalue weighted by atomic mass is 9.93. The Bertz CT molecular complexity index is 514. The molecule has 0 aromatic heterocycles. The van der Waals surface area contributed by atoms with E-state index in [1.807, 2.05) is 0 Å². The van der Waals surface area contributed by atoms with E-state index in [-0.39, 0.29) is 18.5 Å². The van der Waals surface area contributed by atoms with Crippen LogP contribution in [0.5, 0.6) is 11.5 Å². The van der Waals surface area contributed by atoms with Crippen molar-refractivity contribution in [2.24, 2.45) is 5.92 Å². The van der Waals surface area contributed by atoms with Crippen LogP contribution in [0.2, 0.25) is 0 Å². The van der Waals surface area contributed by atoms with Gasteiger partial charge in [0.15, 0.2) is 17.3 Å². The normalized spacial score (nSPS) is 18.5. The second kappa shape index (κ2) is 3.77. The number of hydrogen-bond acceptors (Lipinski definition) is 4. The molecule has 1 heterocycles. The van der Waals surface area contributed by atoms with E-state index in [0.717, 1.165) is 12.8 Å². The smallest absolute Gasteiger partial charge is 0.231 e. The maximum absolute atomic E-state index is 11.9. The first-order chi connectivity index (χ1) is 8.29. The zero-order valence-electron chi connectivity index (χ0n) is 9.18. The third-order valence-corrected chi connectivity index (χ3v) is 3.12. The Morgan fingerprint density at radius 2 is 2.12 bits per heavy atom. The topological polar surface area (TPSA) is 59.3 Å². The van der Waals surface area contributed by atoms with Gasteiger partial charge in [-0.2, -0.15) is 5.26 Å².